The second-order valence-electron chi connectivity index (χ2n) is 6.12. The van der Waals surface area contributed by atoms with Gasteiger partial charge >= 0.3 is 0 Å². The Morgan fingerprint density at radius 2 is 1.37 bits per heavy atom. The van der Waals surface area contributed by atoms with E-state index in [0.717, 1.165) is 28.3 Å². The largest absolute Gasteiger partial charge is 0.494 e. The Labute approximate surface area is 171 Å². The Kier molecular flexibility index (Phi) is 6.98. The molecule has 3 heteroatoms. The molecule has 0 aliphatic rings. The van der Waals surface area contributed by atoms with Gasteiger partial charge in [-0.2, -0.15) is 0 Å². The third-order valence-electron chi connectivity index (χ3n) is 4.36. The zero-order valence-corrected chi connectivity index (χ0v) is 16.8. The van der Waals surface area contributed by atoms with Gasteiger partial charge in [0.2, 0.25) is 0 Å². The molecule has 0 aliphatic heterocycles. The van der Waals surface area contributed by atoms with Crippen LogP contribution in [-0.4, -0.2) is 12.5 Å². The fourth-order valence-corrected chi connectivity index (χ4v) is 3.48. The Bertz CT molecular complexity index is 882. The van der Waals surface area contributed by atoms with Crippen molar-refractivity contribution in [2.45, 2.75) is 13.3 Å². The standard InChI is InChI=1S/C24H22Cl2O/c1-2-27-22-14-10-20(11-15-22)24(19-8-12-21(26)13-9-19)23(16-17-25)18-6-4-3-5-7-18/h3-15H,2,16-17H2,1H3/b24-23-. The van der Waals surface area contributed by atoms with E-state index in [2.05, 4.69) is 48.5 Å². The number of hydrogen-bond acceptors (Lipinski definition) is 1. The highest BCUT2D eigenvalue weighted by molar-refractivity contribution is 6.30. The van der Waals surface area contributed by atoms with Crippen LogP contribution in [0.3, 0.4) is 0 Å². The van der Waals surface area contributed by atoms with Crippen LogP contribution in [0.2, 0.25) is 5.02 Å². The van der Waals surface area contributed by atoms with Gasteiger partial charge in [-0.3, -0.25) is 0 Å². The summed E-state index contributed by atoms with van der Waals surface area (Å²) in [6, 6.07) is 26.6. The van der Waals surface area contributed by atoms with Gasteiger partial charge in [-0.15, -0.1) is 11.6 Å². The van der Waals surface area contributed by atoms with E-state index in [1.807, 2.05) is 37.3 Å². The highest BCUT2D eigenvalue weighted by atomic mass is 35.5. The molecule has 0 atom stereocenters. The summed E-state index contributed by atoms with van der Waals surface area (Å²) in [4.78, 5) is 0. The SMILES string of the molecule is CCOc1ccc(/C(=C(/CCCl)c2ccccc2)c2ccc(Cl)cc2)cc1. The summed E-state index contributed by atoms with van der Waals surface area (Å²) >= 11 is 12.3. The van der Waals surface area contributed by atoms with Gasteiger partial charge in [0.25, 0.3) is 0 Å². The van der Waals surface area contributed by atoms with E-state index in [4.69, 9.17) is 27.9 Å². The summed E-state index contributed by atoms with van der Waals surface area (Å²) in [5.74, 6) is 1.42. The van der Waals surface area contributed by atoms with E-state index in [1.54, 1.807) is 0 Å². The molecular weight excluding hydrogens is 375 g/mol. The van der Waals surface area contributed by atoms with E-state index in [-0.39, 0.29) is 0 Å². The Morgan fingerprint density at radius 3 is 1.93 bits per heavy atom. The average molecular weight is 397 g/mol. The molecule has 0 aliphatic carbocycles. The Morgan fingerprint density at radius 1 is 0.778 bits per heavy atom. The van der Waals surface area contributed by atoms with Gasteiger partial charge in [0, 0.05) is 10.9 Å². The first-order valence-corrected chi connectivity index (χ1v) is 9.98. The van der Waals surface area contributed by atoms with Crippen LogP contribution in [0.5, 0.6) is 5.75 Å². The van der Waals surface area contributed by atoms with Gasteiger partial charge in [-0.05, 0) is 65.4 Å². The van der Waals surface area contributed by atoms with Gasteiger partial charge in [0.15, 0.2) is 0 Å². The smallest absolute Gasteiger partial charge is 0.119 e. The molecule has 0 unspecified atom stereocenters. The number of ether oxygens (including phenoxy) is 1. The minimum absolute atomic E-state index is 0.554. The fraction of sp³-hybridized carbons (Fsp3) is 0.167. The summed E-state index contributed by atoms with van der Waals surface area (Å²) in [5.41, 5.74) is 5.81. The van der Waals surface area contributed by atoms with Gasteiger partial charge in [-0.1, -0.05) is 66.2 Å². The van der Waals surface area contributed by atoms with Crippen molar-refractivity contribution >= 4 is 34.3 Å². The molecule has 3 aromatic carbocycles. The lowest BCUT2D eigenvalue weighted by Crippen LogP contribution is -1.97. The maximum absolute atomic E-state index is 6.18. The van der Waals surface area contributed by atoms with Crippen molar-refractivity contribution < 1.29 is 4.74 Å². The predicted molar refractivity (Wildman–Crippen MR) is 117 cm³/mol. The van der Waals surface area contributed by atoms with Crippen molar-refractivity contribution in [2.24, 2.45) is 0 Å². The highest BCUT2D eigenvalue weighted by Crippen LogP contribution is 2.35. The lowest BCUT2D eigenvalue weighted by atomic mass is 9.88. The van der Waals surface area contributed by atoms with E-state index in [0.29, 0.717) is 12.5 Å². The maximum atomic E-state index is 6.18. The number of benzene rings is 3. The summed E-state index contributed by atoms with van der Waals surface area (Å²) in [6.45, 7) is 2.64. The van der Waals surface area contributed by atoms with Crippen LogP contribution in [0.15, 0.2) is 78.9 Å². The normalized spacial score (nSPS) is 11.8. The molecule has 0 fully saturated rings. The topological polar surface area (TPSA) is 9.23 Å². The molecule has 0 radical (unpaired) electrons. The van der Waals surface area contributed by atoms with Crippen LogP contribution < -0.4 is 4.74 Å². The lowest BCUT2D eigenvalue weighted by Gasteiger charge is -2.17. The van der Waals surface area contributed by atoms with Crippen molar-refractivity contribution in [1.82, 2.24) is 0 Å². The van der Waals surface area contributed by atoms with Crippen LogP contribution in [0.1, 0.15) is 30.0 Å². The number of rotatable bonds is 7. The molecule has 0 bridgehead atoms. The van der Waals surface area contributed by atoms with E-state index >= 15 is 0 Å². The first-order chi connectivity index (χ1) is 13.2. The van der Waals surface area contributed by atoms with Crippen LogP contribution in [0.25, 0.3) is 11.1 Å². The summed E-state index contributed by atoms with van der Waals surface area (Å²) in [5, 5.41) is 0.725. The van der Waals surface area contributed by atoms with Crippen molar-refractivity contribution in [1.29, 1.82) is 0 Å². The third kappa shape index (κ3) is 4.94. The van der Waals surface area contributed by atoms with Crippen molar-refractivity contribution in [2.75, 3.05) is 12.5 Å². The summed E-state index contributed by atoms with van der Waals surface area (Å²) in [6.07, 6.45) is 0.775. The molecule has 27 heavy (non-hydrogen) atoms. The monoisotopic (exact) mass is 396 g/mol. The highest BCUT2D eigenvalue weighted by Gasteiger charge is 2.14. The molecule has 1 nitrogen and oxygen atoms in total. The first-order valence-electron chi connectivity index (χ1n) is 9.06. The van der Waals surface area contributed by atoms with Crippen molar-refractivity contribution in [3.63, 3.8) is 0 Å². The number of allylic oxidation sites excluding steroid dienone is 1. The Hall–Kier alpha value is -2.22. The zero-order valence-electron chi connectivity index (χ0n) is 15.3. The third-order valence-corrected chi connectivity index (χ3v) is 4.80. The molecule has 0 N–H and O–H groups in total. The first kappa shape index (κ1) is 19.5. The molecule has 0 amide bonds. The fourth-order valence-electron chi connectivity index (χ4n) is 3.16. The zero-order chi connectivity index (χ0) is 19.1. The van der Waals surface area contributed by atoms with Crippen LogP contribution in [0, 0.1) is 0 Å². The van der Waals surface area contributed by atoms with Crippen molar-refractivity contribution in [3.8, 4) is 5.75 Å². The van der Waals surface area contributed by atoms with Gasteiger partial charge < -0.3 is 4.74 Å². The van der Waals surface area contributed by atoms with Crippen molar-refractivity contribution in [3.05, 3.63) is 101 Å². The number of alkyl halides is 1. The molecule has 0 spiro atoms. The van der Waals surface area contributed by atoms with Crippen LogP contribution >= 0.6 is 23.2 Å². The molecule has 3 aromatic rings. The minimum Gasteiger partial charge on any atom is -0.494 e. The second-order valence-corrected chi connectivity index (χ2v) is 6.94. The molecule has 3 rings (SSSR count). The average Bonchev–Trinajstić information content (AvgIpc) is 2.71. The lowest BCUT2D eigenvalue weighted by molar-refractivity contribution is 0.340. The molecule has 0 aromatic heterocycles. The van der Waals surface area contributed by atoms with Crippen LogP contribution in [-0.2, 0) is 0 Å². The second kappa shape index (κ2) is 9.64. The molecule has 0 heterocycles. The predicted octanol–water partition coefficient (Wildman–Crippen LogP) is 7.33. The number of hydrogen-bond donors (Lipinski definition) is 0. The summed E-state index contributed by atoms with van der Waals surface area (Å²) < 4.78 is 5.60. The minimum atomic E-state index is 0.554. The number of halogens is 2. The molecule has 0 saturated heterocycles. The van der Waals surface area contributed by atoms with Gasteiger partial charge in [-0.25, -0.2) is 0 Å². The van der Waals surface area contributed by atoms with Gasteiger partial charge in [0.05, 0.1) is 6.61 Å². The van der Waals surface area contributed by atoms with E-state index < -0.39 is 0 Å². The summed E-state index contributed by atoms with van der Waals surface area (Å²) in [7, 11) is 0. The maximum Gasteiger partial charge on any atom is 0.119 e. The molecule has 138 valence electrons. The molecule has 0 saturated carbocycles. The van der Waals surface area contributed by atoms with E-state index in [9.17, 15) is 0 Å². The Balaban J connectivity index is 2.20. The van der Waals surface area contributed by atoms with E-state index in [1.165, 1.54) is 16.7 Å². The molecular formula is C24H22Cl2O. The van der Waals surface area contributed by atoms with Gasteiger partial charge in [0.1, 0.15) is 5.75 Å². The van der Waals surface area contributed by atoms with Crippen LogP contribution in [0.4, 0.5) is 0 Å². The quantitative estimate of drug-likeness (QED) is 0.300.